The van der Waals surface area contributed by atoms with Crippen molar-refractivity contribution in [1.29, 1.82) is 0 Å². The van der Waals surface area contributed by atoms with Gasteiger partial charge in [0.1, 0.15) is 6.20 Å². The Hall–Kier alpha value is -1.96. The molecule has 8 nitrogen and oxygen atoms in total. The summed E-state index contributed by atoms with van der Waals surface area (Å²) in [6.45, 7) is 1.63. The minimum Gasteiger partial charge on any atom is -0.472 e. The number of nitrogen functional groups attached to an aromatic ring is 1. The van der Waals surface area contributed by atoms with Crippen LogP contribution in [0.5, 0.6) is 5.88 Å². The quantitative estimate of drug-likeness (QED) is 0.597. The Labute approximate surface area is 96.9 Å². The predicted molar refractivity (Wildman–Crippen MR) is 57.5 cm³/mol. The Kier molecular flexibility index (Phi) is 3.33. The van der Waals surface area contributed by atoms with E-state index in [1.54, 1.807) is 0 Å². The summed E-state index contributed by atoms with van der Waals surface area (Å²) in [6.07, 6.45) is 1.93. The molecular formula is C9H12N4O4. The standard InChI is InChI=1S/C9H12N4O4/c10-9-11-3-7(13(14)15)8(12-9)17-5-6-1-2-16-4-6/h3,6H,1-2,4-5H2,(H2,10,11,12). The number of aromatic nitrogens is 2. The summed E-state index contributed by atoms with van der Waals surface area (Å²) in [4.78, 5) is 17.4. The van der Waals surface area contributed by atoms with Crippen molar-refractivity contribution in [3.63, 3.8) is 0 Å². The van der Waals surface area contributed by atoms with Gasteiger partial charge in [-0.15, -0.1) is 0 Å². The summed E-state index contributed by atoms with van der Waals surface area (Å²) in [6, 6.07) is 0. The summed E-state index contributed by atoms with van der Waals surface area (Å²) in [5.41, 5.74) is 5.08. The molecule has 1 aromatic heterocycles. The molecule has 1 fully saturated rings. The van der Waals surface area contributed by atoms with Crippen LogP contribution in [0.1, 0.15) is 6.42 Å². The normalized spacial score (nSPS) is 19.2. The third kappa shape index (κ3) is 2.78. The highest BCUT2D eigenvalue weighted by atomic mass is 16.6. The van der Waals surface area contributed by atoms with E-state index < -0.39 is 4.92 Å². The first-order valence-corrected chi connectivity index (χ1v) is 5.14. The highest BCUT2D eigenvalue weighted by molar-refractivity contribution is 5.41. The average molecular weight is 240 g/mol. The molecule has 8 heteroatoms. The second kappa shape index (κ2) is 4.91. The maximum Gasteiger partial charge on any atom is 0.349 e. The molecule has 0 bridgehead atoms. The summed E-state index contributed by atoms with van der Waals surface area (Å²) in [5, 5.41) is 10.7. The summed E-state index contributed by atoms with van der Waals surface area (Å²) < 4.78 is 10.5. The van der Waals surface area contributed by atoms with Gasteiger partial charge in [-0.05, 0) is 6.42 Å². The lowest BCUT2D eigenvalue weighted by Gasteiger charge is -2.09. The van der Waals surface area contributed by atoms with Crippen LogP contribution >= 0.6 is 0 Å². The monoisotopic (exact) mass is 240 g/mol. The Balaban J connectivity index is 2.07. The van der Waals surface area contributed by atoms with Crippen molar-refractivity contribution in [3.05, 3.63) is 16.3 Å². The van der Waals surface area contributed by atoms with Crippen LogP contribution in [0.25, 0.3) is 0 Å². The minimum atomic E-state index is -0.597. The van der Waals surface area contributed by atoms with Crippen LogP contribution < -0.4 is 10.5 Å². The molecule has 0 aromatic carbocycles. The molecule has 2 heterocycles. The zero-order valence-electron chi connectivity index (χ0n) is 9.04. The number of anilines is 1. The molecule has 0 saturated carbocycles. The molecule has 1 saturated heterocycles. The van der Waals surface area contributed by atoms with Crippen molar-refractivity contribution in [2.45, 2.75) is 6.42 Å². The fourth-order valence-electron chi connectivity index (χ4n) is 1.52. The number of nitrogens with two attached hydrogens (primary N) is 1. The third-order valence-corrected chi connectivity index (χ3v) is 2.43. The molecule has 2 N–H and O–H groups in total. The van der Waals surface area contributed by atoms with Crippen LogP contribution in [0.4, 0.5) is 11.6 Å². The Morgan fingerprint density at radius 1 is 1.71 bits per heavy atom. The van der Waals surface area contributed by atoms with E-state index in [9.17, 15) is 10.1 Å². The molecule has 2 rings (SSSR count). The lowest BCUT2D eigenvalue weighted by Crippen LogP contribution is -2.13. The van der Waals surface area contributed by atoms with Crippen molar-refractivity contribution < 1.29 is 14.4 Å². The Morgan fingerprint density at radius 2 is 2.53 bits per heavy atom. The van der Waals surface area contributed by atoms with Gasteiger partial charge in [0.15, 0.2) is 0 Å². The van der Waals surface area contributed by atoms with Crippen molar-refractivity contribution in [2.24, 2.45) is 5.92 Å². The van der Waals surface area contributed by atoms with Crippen LogP contribution in [-0.2, 0) is 4.74 Å². The number of hydrogen-bond donors (Lipinski definition) is 1. The number of rotatable bonds is 4. The summed E-state index contributed by atoms with van der Waals surface area (Å²) in [5.74, 6) is 0.105. The molecule has 17 heavy (non-hydrogen) atoms. The number of hydrogen-bond acceptors (Lipinski definition) is 7. The molecule has 0 amide bonds. The van der Waals surface area contributed by atoms with E-state index in [0.717, 1.165) is 12.6 Å². The van der Waals surface area contributed by atoms with Crippen LogP contribution in [0.15, 0.2) is 6.20 Å². The molecule has 1 aliphatic rings. The van der Waals surface area contributed by atoms with Gasteiger partial charge in [-0.3, -0.25) is 10.1 Å². The van der Waals surface area contributed by atoms with Gasteiger partial charge in [0.05, 0.1) is 18.1 Å². The average Bonchev–Trinajstić information content (AvgIpc) is 2.78. The Bertz CT molecular complexity index is 419. The maximum absolute atomic E-state index is 10.7. The van der Waals surface area contributed by atoms with Gasteiger partial charge in [0.2, 0.25) is 5.95 Å². The molecule has 0 aliphatic carbocycles. The van der Waals surface area contributed by atoms with E-state index in [1.807, 2.05) is 0 Å². The zero-order chi connectivity index (χ0) is 12.3. The lowest BCUT2D eigenvalue weighted by molar-refractivity contribution is -0.386. The maximum atomic E-state index is 10.7. The largest absolute Gasteiger partial charge is 0.472 e. The van der Waals surface area contributed by atoms with E-state index in [-0.39, 0.29) is 23.4 Å². The second-order valence-corrected chi connectivity index (χ2v) is 3.72. The van der Waals surface area contributed by atoms with E-state index in [0.29, 0.717) is 19.8 Å². The van der Waals surface area contributed by atoms with Gasteiger partial charge in [-0.2, -0.15) is 4.98 Å². The highest BCUT2D eigenvalue weighted by Crippen LogP contribution is 2.25. The predicted octanol–water partition coefficient (Wildman–Crippen LogP) is 0.382. The fourth-order valence-corrected chi connectivity index (χ4v) is 1.52. The number of nitro groups is 1. The topological polar surface area (TPSA) is 113 Å². The van der Waals surface area contributed by atoms with Crippen molar-refractivity contribution in [1.82, 2.24) is 9.97 Å². The molecule has 1 aromatic rings. The van der Waals surface area contributed by atoms with Crippen LogP contribution in [-0.4, -0.2) is 34.7 Å². The second-order valence-electron chi connectivity index (χ2n) is 3.72. The fraction of sp³-hybridized carbons (Fsp3) is 0.556. The third-order valence-electron chi connectivity index (χ3n) is 2.43. The SMILES string of the molecule is Nc1ncc([N+](=O)[O-])c(OCC2CCOC2)n1. The smallest absolute Gasteiger partial charge is 0.349 e. The number of ether oxygens (including phenoxy) is 2. The van der Waals surface area contributed by atoms with Crippen LogP contribution in [0, 0.1) is 16.0 Å². The lowest BCUT2D eigenvalue weighted by atomic mass is 10.1. The molecule has 0 spiro atoms. The molecule has 92 valence electrons. The molecule has 1 aliphatic heterocycles. The van der Waals surface area contributed by atoms with Crippen molar-refractivity contribution >= 4 is 11.6 Å². The van der Waals surface area contributed by atoms with Crippen LogP contribution in [0.2, 0.25) is 0 Å². The van der Waals surface area contributed by atoms with E-state index in [2.05, 4.69) is 9.97 Å². The van der Waals surface area contributed by atoms with Gasteiger partial charge in [-0.25, -0.2) is 4.98 Å². The first-order valence-electron chi connectivity index (χ1n) is 5.14. The van der Waals surface area contributed by atoms with Crippen molar-refractivity contribution in [3.8, 4) is 5.88 Å². The first kappa shape index (κ1) is 11.5. The zero-order valence-corrected chi connectivity index (χ0v) is 9.04. The minimum absolute atomic E-state index is 0.0479. The first-order chi connectivity index (χ1) is 8.16. The molecule has 1 unspecified atom stereocenters. The van der Waals surface area contributed by atoms with E-state index in [1.165, 1.54) is 0 Å². The molecule has 1 atom stereocenters. The van der Waals surface area contributed by atoms with E-state index in [4.69, 9.17) is 15.2 Å². The molecule has 0 radical (unpaired) electrons. The van der Waals surface area contributed by atoms with Crippen LogP contribution in [0.3, 0.4) is 0 Å². The van der Waals surface area contributed by atoms with E-state index >= 15 is 0 Å². The number of nitrogens with zero attached hydrogens (tertiary/aromatic N) is 3. The van der Waals surface area contributed by atoms with Gasteiger partial charge >= 0.3 is 5.69 Å². The van der Waals surface area contributed by atoms with Gasteiger partial charge < -0.3 is 15.2 Å². The molecular weight excluding hydrogens is 228 g/mol. The summed E-state index contributed by atoms with van der Waals surface area (Å²) in [7, 11) is 0. The van der Waals surface area contributed by atoms with Crippen molar-refractivity contribution in [2.75, 3.05) is 25.6 Å². The van der Waals surface area contributed by atoms with Gasteiger partial charge in [-0.1, -0.05) is 0 Å². The van der Waals surface area contributed by atoms with Gasteiger partial charge in [0.25, 0.3) is 5.88 Å². The highest BCUT2D eigenvalue weighted by Gasteiger charge is 2.21. The van der Waals surface area contributed by atoms with Gasteiger partial charge in [0, 0.05) is 12.5 Å². The summed E-state index contributed by atoms with van der Waals surface area (Å²) >= 11 is 0. The Morgan fingerprint density at radius 3 is 3.18 bits per heavy atom.